The molecule has 0 spiro atoms. The van der Waals surface area contributed by atoms with Gasteiger partial charge in [-0.05, 0) is 32.1 Å². The third-order valence-electron chi connectivity index (χ3n) is 4.28. The van der Waals surface area contributed by atoms with Gasteiger partial charge in [0.1, 0.15) is 12.1 Å². The molecule has 2 rings (SSSR count). The molecule has 0 radical (unpaired) electrons. The minimum atomic E-state index is -0.740. The fourth-order valence-corrected chi connectivity index (χ4v) is 2.64. The number of nitrogens with zero attached hydrogens (tertiary/aromatic N) is 2. The fraction of sp³-hybridized carbons (Fsp3) is 0.643. The lowest BCUT2D eigenvalue weighted by Gasteiger charge is -2.27. The molecule has 0 amide bonds. The number of fused-ring (bicyclic) bond motifs is 1. The summed E-state index contributed by atoms with van der Waals surface area (Å²) in [7, 11) is 0. The van der Waals surface area contributed by atoms with E-state index in [9.17, 15) is 9.90 Å². The second-order valence-electron chi connectivity index (χ2n) is 5.15. The molecule has 1 aliphatic carbocycles. The summed E-state index contributed by atoms with van der Waals surface area (Å²) in [6, 6.07) is 0. The maximum atomic E-state index is 11.5. The summed E-state index contributed by atoms with van der Waals surface area (Å²) in [5, 5.41) is 12.7. The minimum absolute atomic E-state index is 0.415. The molecule has 5 heteroatoms. The summed E-state index contributed by atoms with van der Waals surface area (Å²) < 4.78 is 0. The Bertz CT molecular complexity index is 470. The van der Waals surface area contributed by atoms with Gasteiger partial charge in [-0.3, -0.25) is 4.79 Å². The van der Waals surface area contributed by atoms with E-state index in [-0.39, 0.29) is 0 Å². The van der Waals surface area contributed by atoms with Crippen molar-refractivity contribution in [2.75, 3.05) is 11.9 Å². The Kier molecular flexibility index (Phi) is 4.02. The Morgan fingerprint density at radius 1 is 1.37 bits per heavy atom. The van der Waals surface area contributed by atoms with E-state index < -0.39 is 11.4 Å². The third-order valence-corrected chi connectivity index (χ3v) is 4.28. The molecule has 19 heavy (non-hydrogen) atoms. The van der Waals surface area contributed by atoms with Gasteiger partial charge in [0, 0.05) is 17.8 Å². The monoisotopic (exact) mass is 263 g/mol. The molecule has 0 saturated heterocycles. The van der Waals surface area contributed by atoms with Crippen molar-refractivity contribution in [2.24, 2.45) is 5.41 Å². The van der Waals surface area contributed by atoms with Gasteiger partial charge >= 0.3 is 5.97 Å². The topological polar surface area (TPSA) is 75.1 Å². The van der Waals surface area contributed by atoms with Crippen LogP contribution in [0.3, 0.4) is 0 Å². The predicted molar refractivity (Wildman–Crippen MR) is 73.2 cm³/mol. The summed E-state index contributed by atoms with van der Waals surface area (Å²) in [5.41, 5.74) is 1.55. The zero-order valence-electron chi connectivity index (χ0n) is 11.6. The number of carbonyl (C=O) groups is 1. The molecule has 0 unspecified atom stereocenters. The molecule has 0 saturated carbocycles. The predicted octanol–water partition coefficient (Wildman–Crippen LogP) is 2.27. The number of hydrogen-bond donors (Lipinski definition) is 2. The van der Waals surface area contributed by atoms with Crippen LogP contribution in [0, 0.1) is 5.41 Å². The normalized spacial score (nSPS) is 14.2. The molecule has 104 valence electrons. The Balaban J connectivity index is 2.14. The first-order chi connectivity index (χ1) is 9.13. The summed E-state index contributed by atoms with van der Waals surface area (Å²) in [5.74, 6) is 0.0747. The van der Waals surface area contributed by atoms with Crippen molar-refractivity contribution in [3.63, 3.8) is 0 Å². The lowest BCUT2D eigenvalue weighted by molar-refractivity contribution is -0.148. The molecule has 1 aliphatic rings. The first-order valence-corrected chi connectivity index (χ1v) is 6.93. The Morgan fingerprint density at radius 3 is 2.74 bits per heavy atom. The van der Waals surface area contributed by atoms with E-state index in [2.05, 4.69) is 15.3 Å². The van der Waals surface area contributed by atoms with E-state index in [1.807, 2.05) is 13.8 Å². The number of carboxylic acid groups (broad SMARTS) is 1. The van der Waals surface area contributed by atoms with E-state index in [4.69, 9.17) is 0 Å². The molecule has 0 fully saturated rings. The van der Waals surface area contributed by atoms with E-state index >= 15 is 0 Å². The van der Waals surface area contributed by atoms with Crippen LogP contribution >= 0.6 is 0 Å². The number of aryl methyl sites for hydroxylation is 1. The van der Waals surface area contributed by atoms with Gasteiger partial charge in [0.25, 0.3) is 0 Å². The number of carboxylic acids is 1. The van der Waals surface area contributed by atoms with Gasteiger partial charge < -0.3 is 10.4 Å². The highest BCUT2D eigenvalue weighted by molar-refractivity contribution is 5.75. The molecule has 0 aliphatic heterocycles. The maximum absolute atomic E-state index is 11.5. The molecular weight excluding hydrogens is 242 g/mol. The van der Waals surface area contributed by atoms with Gasteiger partial charge in [-0.2, -0.15) is 0 Å². The summed E-state index contributed by atoms with van der Waals surface area (Å²) in [4.78, 5) is 20.0. The Hall–Kier alpha value is -1.65. The number of hydrogen-bond acceptors (Lipinski definition) is 4. The molecule has 1 aromatic rings. The van der Waals surface area contributed by atoms with Gasteiger partial charge in [0.15, 0.2) is 0 Å². The van der Waals surface area contributed by atoms with Crippen LogP contribution in [0.1, 0.15) is 44.4 Å². The molecule has 2 N–H and O–H groups in total. The largest absolute Gasteiger partial charge is 0.481 e. The van der Waals surface area contributed by atoms with Crippen molar-refractivity contribution in [3.8, 4) is 0 Å². The smallest absolute Gasteiger partial charge is 0.311 e. The number of nitrogens with one attached hydrogen (secondary N) is 1. The standard InChI is InChI=1S/C14H21N3O2/c1-3-14(4-2,13(18)19)8-15-12-10-6-5-7-11(10)16-9-17-12/h9H,3-8H2,1-2H3,(H,18,19)(H,15,16,17). The molecule has 0 atom stereocenters. The average Bonchev–Trinajstić information content (AvgIpc) is 2.89. The van der Waals surface area contributed by atoms with Crippen LogP contribution in [0.4, 0.5) is 5.82 Å². The molecule has 1 aromatic heterocycles. The number of aromatic nitrogens is 2. The van der Waals surface area contributed by atoms with Crippen LogP contribution in [0.15, 0.2) is 6.33 Å². The van der Waals surface area contributed by atoms with Crippen molar-refractivity contribution in [1.29, 1.82) is 0 Å². The van der Waals surface area contributed by atoms with Crippen LogP contribution in [0.2, 0.25) is 0 Å². The van der Waals surface area contributed by atoms with Crippen LogP contribution in [-0.4, -0.2) is 27.6 Å². The van der Waals surface area contributed by atoms with Crippen LogP contribution < -0.4 is 5.32 Å². The van der Waals surface area contributed by atoms with Crippen LogP contribution in [0.25, 0.3) is 0 Å². The van der Waals surface area contributed by atoms with E-state index in [1.54, 1.807) is 6.33 Å². The first kappa shape index (κ1) is 13.8. The van der Waals surface area contributed by atoms with Crippen LogP contribution in [0.5, 0.6) is 0 Å². The van der Waals surface area contributed by atoms with Gasteiger partial charge in [-0.15, -0.1) is 0 Å². The van der Waals surface area contributed by atoms with Crippen molar-refractivity contribution in [1.82, 2.24) is 9.97 Å². The fourth-order valence-electron chi connectivity index (χ4n) is 2.64. The zero-order valence-corrected chi connectivity index (χ0v) is 11.6. The van der Waals surface area contributed by atoms with Crippen molar-refractivity contribution in [3.05, 3.63) is 17.6 Å². The van der Waals surface area contributed by atoms with Crippen molar-refractivity contribution in [2.45, 2.75) is 46.0 Å². The van der Waals surface area contributed by atoms with Crippen molar-refractivity contribution < 1.29 is 9.90 Å². The lowest BCUT2D eigenvalue weighted by atomic mass is 9.82. The number of anilines is 1. The van der Waals surface area contributed by atoms with Gasteiger partial charge in [0.05, 0.1) is 5.41 Å². The van der Waals surface area contributed by atoms with Crippen LogP contribution in [-0.2, 0) is 17.6 Å². The average molecular weight is 263 g/mol. The Morgan fingerprint density at radius 2 is 2.11 bits per heavy atom. The highest BCUT2D eigenvalue weighted by atomic mass is 16.4. The molecule has 1 heterocycles. The van der Waals surface area contributed by atoms with Gasteiger partial charge in [-0.25, -0.2) is 9.97 Å². The highest BCUT2D eigenvalue weighted by Gasteiger charge is 2.35. The van der Waals surface area contributed by atoms with E-state index in [1.165, 1.54) is 0 Å². The van der Waals surface area contributed by atoms with Gasteiger partial charge in [0.2, 0.25) is 0 Å². The molecule has 0 bridgehead atoms. The Labute approximate surface area is 113 Å². The second-order valence-corrected chi connectivity index (χ2v) is 5.15. The lowest BCUT2D eigenvalue weighted by Crippen LogP contribution is -2.37. The minimum Gasteiger partial charge on any atom is -0.481 e. The first-order valence-electron chi connectivity index (χ1n) is 6.93. The SMILES string of the molecule is CCC(CC)(CNc1ncnc2c1CCC2)C(=O)O. The molecular formula is C14H21N3O2. The summed E-state index contributed by atoms with van der Waals surface area (Å²) in [6.45, 7) is 4.26. The zero-order chi connectivity index (χ0) is 13.9. The third kappa shape index (κ3) is 2.55. The molecule has 0 aromatic carbocycles. The second kappa shape index (κ2) is 5.55. The van der Waals surface area contributed by atoms with Crippen molar-refractivity contribution >= 4 is 11.8 Å². The summed E-state index contributed by atoms with van der Waals surface area (Å²) in [6.07, 6.45) is 5.87. The van der Waals surface area contributed by atoms with E-state index in [0.717, 1.165) is 36.3 Å². The highest BCUT2D eigenvalue weighted by Crippen LogP contribution is 2.29. The number of rotatable bonds is 6. The van der Waals surface area contributed by atoms with E-state index in [0.29, 0.717) is 19.4 Å². The number of aliphatic carboxylic acids is 1. The molecule has 5 nitrogen and oxygen atoms in total. The van der Waals surface area contributed by atoms with Gasteiger partial charge in [-0.1, -0.05) is 13.8 Å². The quantitative estimate of drug-likeness (QED) is 0.823. The summed E-state index contributed by atoms with van der Waals surface area (Å²) >= 11 is 0. The maximum Gasteiger partial charge on any atom is 0.311 e.